The van der Waals surface area contributed by atoms with Crippen molar-refractivity contribution in [3.63, 3.8) is 0 Å². The number of hydrogen-bond acceptors (Lipinski definition) is 4. The van der Waals surface area contributed by atoms with Gasteiger partial charge in [-0.2, -0.15) is 0 Å². The van der Waals surface area contributed by atoms with Crippen molar-refractivity contribution >= 4 is 0 Å². The average Bonchev–Trinajstić information content (AvgIpc) is 2.36. The van der Waals surface area contributed by atoms with Gasteiger partial charge in [-0.3, -0.25) is 0 Å². The third kappa shape index (κ3) is 4.24. The molecule has 0 amide bonds. The van der Waals surface area contributed by atoms with Crippen LogP contribution in [0.2, 0.25) is 0 Å². The molecule has 4 nitrogen and oxygen atoms in total. The zero-order valence-corrected chi connectivity index (χ0v) is 11.0. The van der Waals surface area contributed by atoms with Crippen LogP contribution >= 0.6 is 0 Å². The summed E-state index contributed by atoms with van der Waals surface area (Å²) in [6, 6.07) is 6.24. The minimum Gasteiger partial charge on any atom is -0.497 e. The van der Waals surface area contributed by atoms with Gasteiger partial charge >= 0.3 is 0 Å². The van der Waals surface area contributed by atoms with Crippen LogP contribution in [-0.4, -0.2) is 33.9 Å². The second-order valence-electron chi connectivity index (χ2n) is 4.02. The van der Waals surface area contributed by atoms with Crippen LogP contribution in [0, 0.1) is 0 Å². The fraction of sp³-hybridized carbons (Fsp3) is 0.538. The molecule has 4 heteroatoms. The van der Waals surface area contributed by atoms with Crippen molar-refractivity contribution in [3.05, 3.63) is 23.8 Å². The van der Waals surface area contributed by atoms with Crippen LogP contribution in [0.4, 0.5) is 0 Å². The van der Waals surface area contributed by atoms with Gasteiger partial charge in [0.1, 0.15) is 11.5 Å². The highest BCUT2D eigenvalue weighted by Crippen LogP contribution is 2.23. The first kappa shape index (κ1) is 13.8. The monoisotopic (exact) mass is 238 g/mol. The molecular formula is C13H22N2O2. The molecule has 2 N–H and O–H groups in total. The summed E-state index contributed by atoms with van der Waals surface area (Å²) in [7, 11) is 5.30. The molecule has 0 aliphatic carbocycles. The first-order valence-corrected chi connectivity index (χ1v) is 5.80. The summed E-state index contributed by atoms with van der Waals surface area (Å²) in [5.74, 6) is 1.74. The summed E-state index contributed by atoms with van der Waals surface area (Å²) < 4.78 is 10.5. The Balaban J connectivity index is 2.67. The lowest BCUT2D eigenvalue weighted by molar-refractivity contribution is 0.395. The molecule has 0 fully saturated rings. The van der Waals surface area contributed by atoms with Crippen LogP contribution in [0.25, 0.3) is 0 Å². The molecule has 0 radical (unpaired) electrons. The minimum absolute atomic E-state index is 0.413. The largest absolute Gasteiger partial charge is 0.497 e. The summed E-state index contributed by atoms with van der Waals surface area (Å²) in [6.45, 7) is 3.85. The number of rotatable bonds is 7. The van der Waals surface area contributed by atoms with Crippen molar-refractivity contribution in [3.8, 4) is 11.5 Å². The van der Waals surface area contributed by atoms with Gasteiger partial charge in [0, 0.05) is 24.7 Å². The van der Waals surface area contributed by atoms with Crippen LogP contribution in [0.15, 0.2) is 18.2 Å². The van der Waals surface area contributed by atoms with Gasteiger partial charge in [0.25, 0.3) is 0 Å². The Hall–Kier alpha value is -1.26. The van der Waals surface area contributed by atoms with Gasteiger partial charge < -0.3 is 20.1 Å². The SMILES string of the molecule is CNCC(C)NCc1cc(OC)ccc1OC. The molecule has 1 aromatic carbocycles. The Morgan fingerprint density at radius 2 is 2.00 bits per heavy atom. The quantitative estimate of drug-likeness (QED) is 0.753. The van der Waals surface area contributed by atoms with Crippen molar-refractivity contribution in [1.29, 1.82) is 0 Å². The van der Waals surface area contributed by atoms with Crippen molar-refractivity contribution < 1.29 is 9.47 Å². The maximum atomic E-state index is 5.33. The molecular weight excluding hydrogens is 216 g/mol. The van der Waals surface area contributed by atoms with E-state index in [1.54, 1.807) is 14.2 Å². The minimum atomic E-state index is 0.413. The highest BCUT2D eigenvalue weighted by atomic mass is 16.5. The number of nitrogens with one attached hydrogen (secondary N) is 2. The third-order valence-electron chi connectivity index (χ3n) is 2.64. The van der Waals surface area contributed by atoms with E-state index in [0.717, 1.165) is 30.2 Å². The lowest BCUT2D eigenvalue weighted by atomic mass is 10.1. The second-order valence-corrected chi connectivity index (χ2v) is 4.02. The summed E-state index contributed by atoms with van der Waals surface area (Å²) in [5, 5.41) is 6.56. The average molecular weight is 238 g/mol. The van der Waals surface area contributed by atoms with Crippen LogP contribution in [-0.2, 0) is 6.54 Å². The summed E-state index contributed by atoms with van der Waals surface area (Å²) in [6.07, 6.45) is 0. The van der Waals surface area contributed by atoms with Gasteiger partial charge in [0.2, 0.25) is 0 Å². The fourth-order valence-electron chi connectivity index (χ4n) is 1.68. The topological polar surface area (TPSA) is 42.5 Å². The first-order valence-electron chi connectivity index (χ1n) is 5.80. The molecule has 17 heavy (non-hydrogen) atoms. The number of likely N-dealkylation sites (N-methyl/N-ethyl adjacent to an activating group) is 1. The molecule has 0 saturated heterocycles. The van der Waals surface area contributed by atoms with Crippen LogP contribution in [0.5, 0.6) is 11.5 Å². The third-order valence-corrected chi connectivity index (χ3v) is 2.64. The molecule has 0 aliphatic heterocycles. The Bertz CT molecular complexity index is 342. The van der Waals surface area contributed by atoms with Gasteiger partial charge in [-0.05, 0) is 32.2 Å². The maximum absolute atomic E-state index is 5.33. The van der Waals surface area contributed by atoms with Gasteiger partial charge in [-0.1, -0.05) is 0 Å². The molecule has 0 spiro atoms. The summed E-state index contributed by atoms with van der Waals surface area (Å²) in [4.78, 5) is 0. The van der Waals surface area contributed by atoms with Crippen molar-refractivity contribution in [1.82, 2.24) is 10.6 Å². The Morgan fingerprint density at radius 3 is 2.59 bits per heavy atom. The zero-order valence-electron chi connectivity index (χ0n) is 11.0. The van der Waals surface area contributed by atoms with E-state index in [1.807, 2.05) is 25.2 Å². The van der Waals surface area contributed by atoms with Crippen LogP contribution in [0.3, 0.4) is 0 Å². The molecule has 0 heterocycles. The van der Waals surface area contributed by atoms with E-state index >= 15 is 0 Å². The van der Waals surface area contributed by atoms with E-state index in [9.17, 15) is 0 Å². The Labute approximate surface area is 103 Å². The van der Waals surface area contributed by atoms with E-state index < -0.39 is 0 Å². The lowest BCUT2D eigenvalue weighted by Crippen LogP contribution is -2.34. The number of benzene rings is 1. The van der Waals surface area contributed by atoms with Gasteiger partial charge in [0.05, 0.1) is 14.2 Å². The predicted octanol–water partition coefficient (Wildman–Crippen LogP) is 1.40. The molecule has 0 aliphatic rings. The normalized spacial score (nSPS) is 12.2. The van der Waals surface area contributed by atoms with Gasteiger partial charge in [0.15, 0.2) is 0 Å². The number of ether oxygens (including phenoxy) is 2. The smallest absolute Gasteiger partial charge is 0.123 e. The molecule has 0 saturated carbocycles. The predicted molar refractivity (Wildman–Crippen MR) is 69.8 cm³/mol. The molecule has 1 atom stereocenters. The van der Waals surface area contributed by atoms with Crippen LogP contribution in [0.1, 0.15) is 12.5 Å². The molecule has 0 aromatic heterocycles. The van der Waals surface area contributed by atoms with Crippen molar-refractivity contribution in [2.24, 2.45) is 0 Å². The lowest BCUT2D eigenvalue weighted by Gasteiger charge is -2.15. The molecule has 1 unspecified atom stereocenters. The summed E-state index contributed by atoms with van der Waals surface area (Å²) in [5.41, 5.74) is 1.11. The van der Waals surface area contributed by atoms with E-state index in [4.69, 9.17) is 9.47 Å². The number of methoxy groups -OCH3 is 2. The van der Waals surface area contributed by atoms with E-state index in [0.29, 0.717) is 6.04 Å². The highest BCUT2D eigenvalue weighted by molar-refractivity contribution is 5.40. The Morgan fingerprint density at radius 1 is 1.24 bits per heavy atom. The molecule has 1 aromatic rings. The zero-order chi connectivity index (χ0) is 12.7. The van der Waals surface area contributed by atoms with Crippen molar-refractivity contribution in [2.75, 3.05) is 27.8 Å². The highest BCUT2D eigenvalue weighted by Gasteiger charge is 2.06. The van der Waals surface area contributed by atoms with E-state index in [-0.39, 0.29) is 0 Å². The van der Waals surface area contributed by atoms with E-state index in [1.165, 1.54) is 0 Å². The molecule has 1 rings (SSSR count). The summed E-state index contributed by atoms with van der Waals surface area (Å²) >= 11 is 0. The molecule has 0 bridgehead atoms. The Kier molecular flexibility index (Phi) is 5.80. The molecule has 96 valence electrons. The maximum Gasteiger partial charge on any atom is 0.123 e. The van der Waals surface area contributed by atoms with E-state index in [2.05, 4.69) is 17.6 Å². The van der Waals surface area contributed by atoms with Crippen LogP contribution < -0.4 is 20.1 Å². The second kappa shape index (κ2) is 7.14. The van der Waals surface area contributed by atoms with Gasteiger partial charge in [-0.15, -0.1) is 0 Å². The first-order chi connectivity index (χ1) is 8.21. The van der Waals surface area contributed by atoms with Gasteiger partial charge in [-0.25, -0.2) is 0 Å². The standard InChI is InChI=1S/C13H22N2O2/c1-10(8-14-2)15-9-11-7-12(16-3)5-6-13(11)17-4/h5-7,10,14-15H,8-9H2,1-4H3. The number of hydrogen-bond donors (Lipinski definition) is 2. The van der Waals surface area contributed by atoms with Crippen molar-refractivity contribution in [2.45, 2.75) is 19.5 Å². The fourth-order valence-corrected chi connectivity index (χ4v) is 1.68.